The summed E-state index contributed by atoms with van der Waals surface area (Å²) in [6, 6.07) is 12.8. The molecule has 4 unspecified atom stereocenters. The molecule has 0 spiro atoms. The lowest BCUT2D eigenvalue weighted by atomic mass is 9.99. The second-order valence-electron chi connectivity index (χ2n) is 14.5. The van der Waals surface area contributed by atoms with Gasteiger partial charge in [0.15, 0.2) is 11.9 Å². The van der Waals surface area contributed by atoms with E-state index in [4.69, 9.17) is 40.3 Å². The van der Waals surface area contributed by atoms with Crippen LogP contribution in [0.25, 0.3) is 6.08 Å². The van der Waals surface area contributed by atoms with Gasteiger partial charge in [-0.3, -0.25) is 38.7 Å². The largest absolute Gasteiger partial charge is 0.370 e. The minimum absolute atomic E-state index is 0.101. The highest BCUT2D eigenvalue weighted by Gasteiger charge is 2.36. The summed E-state index contributed by atoms with van der Waals surface area (Å²) in [6.45, 7) is 4.92. The van der Waals surface area contributed by atoms with E-state index in [1.54, 1.807) is 48.5 Å². The fourth-order valence-electron chi connectivity index (χ4n) is 6.14. The Morgan fingerprint density at radius 3 is 1.93 bits per heavy atom. The van der Waals surface area contributed by atoms with Crippen molar-refractivity contribution in [3.8, 4) is 0 Å². The third-order valence-corrected chi connectivity index (χ3v) is 9.25. The molecule has 3 aromatic carbocycles. The first-order chi connectivity index (χ1) is 28.8. The van der Waals surface area contributed by atoms with Crippen LogP contribution in [-0.4, -0.2) is 83.0 Å². The van der Waals surface area contributed by atoms with Gasteiger partial charge in [-0.2, -0.15) is 0 Å². The van der Waals surface area contributed by atoms with Gasteiger partial charge >= 0.3 is 0 Å². The highest BCUT2D eigenvalue weighted by molar-refractivity contribution is 6.30. The van der Waals surface area contributed by atoms with Crippen molar-refractivity contribution in [3.05, 3.63) is 106 Å². The van der Waals surface area contributed by atoms with Gasteiger partial charge in [-0.1, -0.05) is 61.8 Å². The number of carbonyl (C=O) groups excluding carboxylic acids is 6. The van der Waals surface area contributed by atoms with Gasteiger partial charge in [0, 0.05) is 37.4 Å². The van der Waals surface area contributed by atoms with Crippen LogP contribution in [0, 0.1) is 11.7 Å². The first-order valence-corrected chi connectivity index (χ1v) is 19.7. The highest BCUT2D eigenvalue weighted by atomic mass is 35.5. The fraction of sp³-hybridized carbons (Fsp3) is 0.333. The number of primary amides is 1. The molecule has 0 radical (unpaired) electrons. The van der Waals surface area contributed by atoms with Crippen molar-refractivity contribution < 1.29 is 33.2 Å². The molecule has 0 fully saturated rings. The Bertz CT molecular complexity index is 2100. The molecule has 0 bridgehead atoms. The Morgan fingerprint density at radius 2 is 1.36 bits per heavy atom. The van der Waals surface area contributed by atoms with Gasteiger partial charge in [-0.25, -0.2) is 9.38 Å². The molecule has 19 heteroatoms. The number of amides is 6. The summed E-state index contributed by atoms with van der Waals surface area (Å²) in [5.41, 5.74) is 29.2. The van der Waals surface area contributed by atoms with Crippen molar-refractivity contribution in [3.63, 3.8) is 0 Å². The fourth-order valence-corrected chi connectivity index (χ4v) is 6.34. The molecule has 6 amide bonds. The molecule has 4 atom stereocenters. The lowest BCUT2D eigenvalue weighted by Gasteiger charge is -2.30. The third-order valence-electron chi connectivity index (χ3n) is 9.01. The summed E-state index contributed by atoms with van der Waals surface area (Å²) in [4.78, 5) is 90.5. The second-order valence-corrected chi connectivity index (χ2v) is 15.0. The monoisotopic (exact) mass is 861 g/mol. The van der Waals surface area contributed by atoms with Crippen molar-refractivity contribution in [2.75, 3.05) is 6.54 Å². The van der Waals surface area contributed by atoms with Crippen LogP contribution in [0.2, 0.25) is 5.02 Å². The van der Waals surface area contributed by atoms with Gasteiger partial charge in [0.25, 0.3) is 5.91 Å². The zero-order valence-electron chi connectivity index (χ0n) is 34.1. The lowest BCUT2D eigenvalue weighted by molar-refractivity contribution is -0.148. The lowest BCUT2D eigenvalue weighted by Crippen LogP contribution is -2.59. The van der Waals surface area contributed by atoms with Gasteiger partial charge < -0.3 is 44.6 Å². The maximum atomic E-state index is 14.5. The summed E-state index contributed by atoms with van der Waals surface area (Å²) < 4.78 is 13.9. The number of aliphatic imine (C=N–C) groups is 2. The zero-order chi connectivity index (χ0) is 45.2. The van der Waals surface area contributed by atoms with Gasteiger partial charge in [-0.15, -0.1) is 0 Å². The Balaban J connectivity index is 2.03. The summed E-state index contributed by atoms with van der Waals surface area (Å²) in [5.74, 6) is -5.93. The van der Waals surface area contributed by atoms with E-state index in [0.717, 1.165) is 30.0 Å². The van der Waals surface area contributed by atoms with Crippen LogP contribution in [0.4, 0.5) is 10.1 Å². The van der Waals surface area contributed by atoms with Crippen LogP contribution < -0.4 is 44.6 Å². The molecule has 61 heavy (non-hydrogen) atoms. The molecule has 13 N–H and O–H groups in total. The standard InChI is InChI=1S/C42H53ClFN11O6/c1-24(2)20-33(38(59)52-32(37(45)58)8-5-19-50-41(46)47)53-39(60)34(22-27-11-16-31(17-12-27)51-42(48)49)54-40(61)35(23-28-9-14-30(44)15-10-28)55(25(3)56)36(57)18-13-26-6-4-7-29(43)21-26/h4,6-7,9-18,21,24,32-35H,5,8,19-20,22-23H2,1-3H3,(H2,45,58)(H,52,59)(H,53,60)(H,54,61)(H4,46,47,50)(H4,48,49,51)/b18-13+. The number of carbonyl (C=O) groups is 6. The number of hydrogen-bond acceptors (Lipinski definition) is 8. The molecule has 0 aliphatic rings. The SMILES string of the molecule is CC(=O)N(C(=O)/C=C/c1cccc(Cl)c1)C(Cc1ccc(F)cc1)C(=O)NC(Cc1ccc(N=C(N)N)cc1)C(=O)NC(CC(C)C)C(=O)NC(CCCN=C(N)N)C(N)=O. The van der Waals surface area contributed by atoms with Gasteiger partial charge in [-0.05, 0) is 84.3 Å². The molecular formula is C42H53ClFN11O6. The smallest absolute Gasteiger partial charge is 0.253 e. The number of hydrogen-bond donors (Lipinski definition) is 8. The Kier molecular flexibility index (Phi) is 18.9. The van der Waals surface area contributed by atoms with Crippen LogP contribution in [-0.2, 0) is 41.6 Å². The van der Waals surface area contributed by atoms with E-state index in [1.807, 2.05) is 13.8 Å². The number of imide groups is 1. The molecule has 0 aliphatic heterocycles. The molecule has 0 heterocycles. The number of guanidine groups is 2. The Labute approximate surface area is 358 Å². The van der Waals surface area contributed by atoms with Crippen molar-refractivity contribution >= 4 is 70.7 Å². The predicted octanol–water partition coefficient (Wildman–Crippen LogP) is 1.67. The molecule has 0 aromatic heterocycles. The molecule has 0 saturated heterocycles. The zero-order valence-corrected chi connectivity index (χ0v) is 34.9. The molecular weight excluding hydrogens is 809 g/mol. The topological polar surface area (TPSA) is 297 Å². The average Bonchev–Trinajstić information content (AvgIpc) is 3.18. The number of nitrogens with zero attached hydrogens (tertiary/aromatic N) is 3. The Morgan fingerprint density at radius 1 is 0.770 bits per heavy atom. The van der Waals surface area contributed by atoms with Crippen LogP contribution in [0.3, 0.4) is 0 Å². The van der Waals surface area contributed by atoms with Crippen LogP contribution in [0.5, 0.6) is 0 Å². The van der Waals surface area contributed by atoms with Crippen LogP contribution in [0.15, 0.2) is 88.9 Å². The Hall–Kier alpha value is -6.82. The molecule has 3 rings (SSSR count). The van der Waals surface area contributed by atoms with E-state index in [-0.39, 0.29) is 50.1 Å². The molecule has 326 valence electrons. The third kappa shape index (κ3) is 16.8. The minimum atomic E-state index is -1.55. The number of benzene rings is 3. The summed E-state index contributed by atoms with van der Waals surface area (Å²) in [7, 11) is 0. The highest BCUT2D eigenvalue weighted by Crippen LogP contribution is 2.18. The molecule has 0 aliphatic carbocycles. The first kappa shape index (κ1) is 48.5. The van der Waals surface area contributed by atoms with Crippen molar-refractivity contribution in [2.45, 2.75) is 77.0 Å². The van der Waals surface area contributed by atoms with E-state index >= 15 is 0 Å². The van der Waals surface area contributed by atoms with E-state index < -0.39 is 65.4 Å². The van der Waals surface area contributed by atoms with Crippen molar-refractivity contribution in [2.24, 2.45) is 44.6 Å². The molecule has 3 aromatic rings. The van der Waals surface area contributed by atoms with Crippen molar-refractivity contribution in [1.29, 1.82) is 0 Å². The summed E-state index contributed by atoms with van der Waals surface area (Å²) in [5, 5.41) is 8.41. The predicted molar refractivity (Wildman–Crippen MR) is 232 cm³/mol. The van der Waals surface area contributed by atoms with E-state index in [0.29, 0.717) is 33.8 Å². The van der Waals surface area contributed by atoms with E-state index in [9.17, 15) is 33.2 Å². The van der Waals surface area contributed by atoms with Crippen LogP contribution in [0.1, 0.15) is 56.7 Å². The normalized spacial score (nSPS) is 13.0. The number of rotatable bonds is 21. The number of halogens is 2. The van der Waals surface area contributed by atoms with Gasteiger partial charge in [0.05, 0.1) is 5.69 Å². The maximum absolute atomic E-state index is 14.5. The minimum Gasteiger partial charge on any atom is -0.370 e. The van der Waals surface area contributed by atoms with Crippen molar-refractivity contribution in [1.82, 2.24) is 20.9 Å². The van der Waals surface area contributed by atoms with E-state index in [1.165, 1.54) is 18.2 Å². The maximum Gasteiger partial charge on any atom is 0.253 e. The molecule has 17 nitrogen and oxygen atoms in total. The summed E-state index contributed by atoms with van der Waals surface area (Å²) in [6.07, 6.45) is 2.63. The number of nitrogens with one attached hydrogen (secondary N) is 3. The first-order valence-electron chi connectivity index (χ1n) is 19.3. The molecule has 0 saturated carbocycles. The van der Waals surface area contributed by atoms with E-state index in [2.05, 4.69) is 25.9 Å². The average molecular weight is 862 g/mol. The second kappa shape index (κ2) is 23.7. The van der Waals surface area contributed by atoms with Gasteiger partial charge in [0.1, 0.15) is 30.0 Å². The number of nitrogens with two attached hydrogens (primary N) is 5. The summed E-state index contributed by atoms with van der Waals surface area (Å²) >= 11 is 6.10. The van der Waals surface area contributed by atoms with Crippen LogP contribution >= 0.6 is 11.6 Å². The quantitative estimate of drug-likeness (QED) is 0.0332. The van der Waals surface area contributed by atoms with Gasteiger partial charge in [0.2, 0.25) is 29.5 Å².